The van der Waals surface area contributed by atoms with Crippen molar-refractivity contribution in [2.24, 2.45) is 0 Å². The van der Waals surface area contributed by atoms with Crippen LogP contribution < -0.4 is 16.0 Å². The monoisotopic (exact) mass is 416 g/mol. The van der Waals surface area contributed by atoms with Gasteiger partial charge in [-0.3, -0.25) is 4.79 Å². The Labute approximate surface area is 166 Å². The molecule has 1 atom stereocenters. The van der Waals surface area contributed by atoms with Gasteiger partial charge in [0.2, 0.25) is 3.79 Å². The molecule has 1 amide bonds. The number of hydrogen-bond donors (Lipinski definition) is 3. The molecule has 0 aliphatic carbocycles. The maximum atomic E-state index is 12.5. The van der Waals surface area contributed by atoms with Crippen LogP contribution in [-0.2, 0) is 0 Å². The lowest BCUT2D eigenvalue weighted by Gasteiger charge is -2.27. The van der Waals surface area contributed by atoms with Gasteiger partial charge < -0.3 is 16.0 Å². The van der Waals surface area contributed by atoms with Gasteiger partial charge in [0, 0.05) is 11.8 Å². The van der Waals surface area contributed by atoms with Gasteiger partial charge in [-0.25, -0.2) is 4.98 Å². The first-order valence-corrected chi connectivity index (χ1v) is 8.73. The van der Waals surface area contributed by atoms with E-state index in [9.17, 15) is 4.79 Å². The van der Waals surface area contributed by atoms with Gasteiger partial charge >= 0.3 is 0 Å². The second-order valence-electron chi connectivity index (χ2n) is 5.08. The zero-order valence-corrected chi connectivity index (χ0v) is 16.2. The molecule has 0 aliphatic rings. The Morgan fingerprint density at radius 2 is 1.80 bits per heavy atom. The number of pyridine rings is 1. The summed E-state index contributed by atoms with van der Waals surface area (Å²) in [7, 11) is 0. The van der Waals surface area contributed by atoms with Crippen LogP contribution in [0.25, 0.3) is 0 Å². The van der Waals surface area contributed by atoms with Crippen molar-refractivity contribution in [3.05, 3.63) is 59.8 Å². The van der Waals surface area contributed by atoms with Crippen molar-refractivity contribution in [2.75, 3.05) is 5.32 Å². The molecule has 0 radical (unpaired) electrons. The topological polar surface area (TPSA) is 66.1 Å². The minimum atomic E-state index is -1.83. The number of benzene rings is 1. The molecule has 0 saturated carbocycles. The Balaban J connectivity index is 2.08. The van der Waals surface area contributed by atoms with E-state index in [0.29, 0.717) is 11.4 Å². The van der Waals surface area contributed by atoms with Crippen molar-refractivity contribution in [3.63, 3.8) is 0 Å². The van der Waals surface area contributed by atoms with Gasteiger partial charge in [0.1, 0.15) is 12.0 Å². The number of hydrogen-bond acceptors (Lipinski definition) is 3. The van der Waals surface area contributed by atoms with Crippen molar-refractivity contribution in [2.45, 2.75) is 16.9 Å². The summed E-state index contributed by atoms with van der Waals surface area (Å²) in [6, 6.07) is 12.4. The molecule has 0 saturated heterocycles. The fraction of sp³-hybridized carbons (Fsp3) is 0.188. The van der Waals surface area contributed by atoms with E-state index in [0.717, 1.165) is 5.56 Å². The first-order valence-electron chi connectivity index (χ1n) is 7.19. The number of carbonyl (C=O) groups is 1. The number of amides is 1. The lowest BCUT2D eigenvalue weighted by molar-refractivity contribution is 0.0934. The average molecular weight is 418 g/mol. The minimum Gasteiger partial charge on any atom is -0.339 e. The largest absolute Gasteiger partial charge is 0.339 e. The number of anilines is 1. The van der Waals surface area contributed by atoms with Crippen LogP contribution in [-0.4, -0.2) is 26.0 Å². The van der Waals surface area contributed by atoms with Gasteiger partial charge in [-0.1, -0.05) is 59.1 Å². The van der Waals surface area contributed by atoms with Gasteiger partial charge in [0.15, 0.2) is 5.11 Å². The normalized spacial score (nSPS) is 12.2. The van der Waals surface area contributed by atoms with Crippen molar-refractivity contribution in [1.29, 1.82) is 0 Å². The molecule has 0 spiro atoms. The third-order valence-corrected chi connectivity index (χ3v) is 4.05. The Morgan fingerprint density at radius 3 is 2.40 bits per heavy atom. The number of halogens is 3. The van der Waals surface area contributed by atoms with E-state index in [4.69, 9.17) is 47.0 Å². The molecule has 0 bridgehead atoms. The van der Waals surface area contributed by atoms with Crippen molar-refractivity contribution >= 4 is 63.9 Å². The molecular formula is C16H15Cl3N4OS. The van der Waals surface area contributed by atoms with Crippen LogP contribution >= 0.6 is 47.0 Å². The summed E-state index contributed by atoms with van der Waals surface area (Å²) >= 11 is 23.1. The SMILES string of the molecule is Cc1ccccc1C(=O)NC(NC(=S)Nc1ccccn1)C(Cl)(Cl)Cl. The highest BCUT2D eigenvalue weighted by molar-refractivity contribution is 7.80. The van der Waals surface area contributed by atoms with Crippen LogP contribution in [0.2, 0.25) is 0 Å². The van der Waals surface area contributed by atoms with Crippen LogP contribution in [0.3, 0.4) is 0 Å². The molecule has 2 aromatic rings. The summed E-state index contributed by atoms with van der Waals surface area (Å²) in [5.74, 6) is 0.135. The molecule has 1 aromatic heterocycles. The summed E-state index contributed by atoms with van der Waals surface area (Å²) in [6.07, 6.45) is 0.561. The summed E-state index contributed by atoms with van der Waals surface area (Å²) in [6.45, 7) is 1.82. The molecular weight excluding hydrogens is 403 g/mol. The molecule has 0 fully saturated rings. The van der Waals surface area contributed by atoms with Gasteiger partial charge in [0.05, 0.1) is 0 Å². The maximum absolute atomic E-state index is 12.5. The highest BCUT2D eigenvalue weighted by Crippen LogP contribution is 2.29. The maximum Gasteiger partial charge on any atom is 0.253 e. The fourth-order valence-electron chi connectivity index (χ4n) is 1.96. The Morgan fingerprint density at radius 1 is 1.12 bits per heavy atom. The second-order valence-corrected chi connectivity index (χ2v) is 7.85. The standard InChI is InChI=1S/C16H15Cl3N4OS/c1-10-6-2-3-7-11(10)13(24)22-14(16(17,18)19)23-15(25)21-12-8-4-5-9-20-12/h2-9,14H,1H3,(H,22,24)(H2,20,21,23,25). The van der Waals surface area contributed by atoms with E-state index in [1.54, 1.807) is 36.5 Å². The molecule has 1 aromatic carbocycles. The molecule has 5 nitrogen and oxygen atoms in total. The van der Waals surface area contributed by atoms with Crippen molar-refractivity contribution in [3.8, 4) is 0 Å². The molecule has 1 unspecified atom stereocenters. The molecule has 132 valence electrons. The van der Waals surface area contributed by atoms with Crippen molar-refractivity contribution in [1.82, 2.24) is 15.6 Å². The van der Waals surface area contributed by atoms with E-state index in [2.05, 4.69) is 20.9 Å². The summed E-state index contributed by atoms with van der Waals surface area (Å²) in [5, 5.41) is 8.42. The summed E-state index contributed by atoms with van der Waals surface area (Å²) < 4.78 is -1.83. The first-order chi connectivity index (χ1) is 11.8. The van der Waals surface area contributed by atoms with Gasteiger partial charge in [-0.2, -0.15) is 0 Å². The number of aromatic nitrogens is 1. The third-order valence-electron chi connectivity index (χ3n) is 3.17. The Kier molecular flexibility index (Phi) is 6.84. The number of alkyl halides is 3. The van der Waals surface area contributed by atoms with Crippen LogP contribution in [0, 0.1) is 6.92 Å². The highest BCUT2D eigenvalue weighted by atomic mass is 35.6. The van der Waals surface area contributed by atoms with Crippen molar-refractivity contribution < 1.29 is 4.79 Å². The number of thiocarbonyl (C=S) groups is 1. The minimum absolute atomic E-state index is 0.153. The quantitative estimate of drug-likeness (QED) is 0.401. The van der Waals surface area contributed by atoms with Gasteiger partial charge in [0.25, 0.3) is 5.91 Å². The van der Waals surface area contributed by atoms with Crippen LogP contribution in [0.4, 0.5) is 5.82 Å². The van der Waals surface area contributed by atoms with Crippen LogP contribution in [0.5, 0.6) is 0 Å². The fourth-order valence-corrected chi connectivity index (χ4v) is 2.51. The van der Waals surface area contributed by atoms with Crippen LogP contribution in [0.15, 0.2) is 48.7 Å². The van der Waals surface area contributed by atoms with Gasteiger partial charge in [-0.15, -0.1) is 0 Å². The Bertz CT molecular complexity index is 753. The zero-order valence-electron chi connectivity index (χ0n) is 13.1. The average Bonchev–Trinajstić information content (AvgIpc) is 2.54. The lowest BCUT2D eigenvalue weighted by Crippen LogP contribution is -2.56. The molecule has 1 heterocycles. The van der Waals surface area contributed by atoms with E-state index in [1.165, 1.54) is 0 Å². The second kappa shape index (κ2) is 8.67. The number of aryl methyl sites for hydroxylation is 1. The lowest BCUT2D eigenvalue weighted by atomic mass is 10.1. The number of nitrogens with one attached hydrogen (secondary N) is 3. The third kappa shape index (κ3) is 6.01. The summed E-state index contributed by atoms with van der Waals surface area (Å²) in [5.41, 5.74) is 1.28. The van der Waals surface area contributed by atoms with Gasteiger partial charge in [-0.05, 0) is 42.9 Å². The predicted molar refractivity (Wildman–Crippen MR) is 106 cm³/mol. The molecule has 2 rings (SSSR count). The first kappa shape index (κ1) is 19.7. The van der Waals surface area contributed by atoms with E-state index >= 15 is 0 Å². The Hall–Kier alpha value is -1.60. The van der Waals surface area contributed by atoms with Crippen LogP contribution in [0.1, 0.15) is 15.9 Å². The molecule has 9 heteroatoms. The number of nitrogens with zero attached hydrogens (tertiary/aromatic N) is 1. The zero-order chi connectivity index (χ0) is 18.4. The molecule has 3 N–H and O–H groups in total. The molecule has 25 heavy (non-hydrogen) atoms. The number of carbonyl (C=O) groups excluding carboxylic acids is 1. The van der Waals surface area contributed by atoms with E-state index in [-0.39, 0.29) is 11.0 Å². The summed E-state index contributed by atoms with van der Waals surface area (Å²) in [4.78, 5) is 16.5. The van der Waals surface area contributed by atoms with E-state index < -0.39 is 9.96 Å². The smallest absolute Gasteiger partial charge is 0.253 e. The predicted octanol–water partition coefficient (Wildman–Crippen LogP) is 3.80. The number of rotatable bonds is 4. The molecule has 0 aliphatic heterocycles. The highest BCUT2D eigenvalue weighted by Gasteiger charge is 2.35. The van der Waals surface area contributed by atoms with E-state index in [1.807, 2.05) is 19.1 Å².